The van der Waals surface area contributed by atoms with Gasteiger partial charge in [0.2, 0.25) is 5.78 Å². The summed E-state index contributed by atoms with van der Waals surface area (Å²) >= 11 is 0. The highest BCUT2D eigenvalue weighted by Gasteiger charge is 2.11. The molecule has 1 aromatic rings. The third kappa shape index (κ3) is 3.61. The lowest BCUT2D eigenvalue weighted by Gasteiger charge is -1.97. The van der Waals surface area contributed by atoms with Gasteiger partial charge >= 0.3 is 0 Å². The van der Waals surface area contributed by atoms with Crippen LogP contribution in [0.4, 0.5) is 0 Å². The Hall–Kier alpha value is -1.30. The topological polar surface area (TPSA) is 77.0 Å². The minimum Gasteiger partial charge on any atom is -0.291 e. The van der Waals surface area contributed by atoms with Gasteiger partial charge < -0.3 is 0 Å². The molecule has 0 atom stereocenters. The summed E-state index contributed by atoms with van der Waals surface area (Å²) < 4.78 is 21.5. The highest BCUT2D eigenvalue weighted by Crippen LogP contribution is 1.97. The van der Waals surface area contributed by atoms with Crippen molar-refractivity contribution in [3.63, 3.8) is 0 Å². The number of rotatable bonds is 4. The van der Waals surface area contributed by atoms with E-state index in [0.29, 0.717) is 0 Å². The fourth-order valence-electron chi connectivity index (χ4n) is 0.833. The first-order valence-electron chi connectivity index (χ1n) is 3.97. The van der Waals surface area contributed by atoms with E-state index in [2.05, 4.69) is 9.97 Å². The van der Waals surface area contributed by atoms with E-state index in [1.54, 1.807) is 6.07 Å². The van der Waals surface area contributed by atoms with Gasteiger partial charge in [-0.15, -0.1) is 0 Å². The van der Waals surface area contributed by atoms with Crippen LogP contribution < -0.4 is 0 Å². The van der Waals surface area contributed by atoms with Gasteiger partial charge in [0.05, 0.1) is 5.75 Å². The van der Waals surface area contributed by atoms with Crippen LogP contribution in [0.5, 0.6) is 0 Å². The zero-order valence-corrected chi connectivity index (χ0v) is 8.49. The van der Waals surface area contributed by atoms with Crippen LogP contribution in [0.2, 0.25) is 0 Å². The minimum atomic E-state index is -3.10. The van der Waals surface area contributed by atoms with Crippen LogP contribution in [0.15, 0.2) is 18.5 Å². The van der Waals surface area contributed by atoms with Gasteiger partial charge in [-0.25, -0.2) is 18.4 Å². The highest BCUT2D eigenvalue weighted by atomic mass is 32.2. The second-order valence-electron chi connectivity index (χ2n) is 2.88. The Morgan fingerprint density at radius 2 is 1.93 bits per heavy atom. The van der Waals surface area contributed by atoms with E-state index < -0.39 is 9.84 Å². The molecule has 0 radical (unpaired) electrons. The largest absolute Gasteiger partial charge is 0.291 e. The first kappa shape index (κ1) is 10.8. The van der Waals surface area contributed by atoms with Crippen molar-refractivity contribution >= 4 is 15.6 Å². The van der Waals surface area contributed by atoms with Crippen molar-refractivity contribution in [2.24, 2.45) is 0 Å². The van der Waals surface area contributed by atoms with Gasteiger partial charge in [-0.3, -0.25) is 4.79 Å². The summed E-state index contributed by atoms with van der Waals surface area (Å²) in [5.41, 5.74) is 0. The Balaban J connectivity index is 2.61. The maximum Gasteiger partial charge on any atom is 0.201 e. The van der Waals surface area contributed by atoms with E-state index in [9.17, 15) is 13.2 Å². The zero-order valence-electron chi connectivity index (χ0n) is 7.67. The molecule has 0 unspecified atom stereocenters. The van der Waals surface area contributed by atoms with E-state index in [4.69, 9.17) is 0 Å². The van der Waals surface area contributed by atoms with E-state index in [-0.39, 0.29) is 23.8 Å². The normalized spacial score (nSPS) is 11.2. The molecule has 14 heavy (non-hydrogen) atoms. The maximum absolute atomic E-state index is 11.3. The third-order valence-electron chi connectivity index (χ3n) is 1.52. The SMILES string of the molecule is CS(=O)(=O)CCC(=O)c1ncccn1. The Kier molecular flexibility index (Phi) is 3.29. The van der Waals surface area contributed by atoms with E-state index in [0.717, 1.165) is 6.26 Å². The van der Waals surface area contributed by atoms with Crippen molar-refractivity contribution in [3.05, 3.63) is 24.3 Å². The zero-order chi connectivity index (χ0) is 10.6. The molecule has 0 N–H and O–H groups in total. The van der Waals surface area contributed by atoms with Gasteiger partial charge in [-0.05, 0) is 6.07 Å². The Morgan fingerprint density at radius 3 is 2.43 bits per heavy atom. The average molecular weight is 214 g/mol. The standard InChI is InChI=1S/C8H10N2O3S/c1-14(12,13)6-3-7(11)8-9-4-2-5-10-8/h2,4-5H,3,6H2,1H3. The summed E-state index contributed by atoms with van der Waals surface area (Å²) in [5.74, 6) is -0.448. The number of hydrogen-bond donors (Lipinski definition) is 0. The Bertz CT molecular complexity index is 413. The molecule has 0 aliphatic rings. The first-order valence-corrected chi connectivity index (χ1v) is 6.03. The van der Waals surface area contributed by atoms with Gasteiger partial charge in [-0.1, -0.05) is 0 Å². The molecule has 5 nitrogen and oxygen atoms in total. The van der Waals surface area contributed by atoms with Crippen LogP contribution in [-0.4, -0.2) is 36.2 Å². The molecule has 0 saturated carbocycles. The fourth-order valence-corrected chi connectivity index (χ4v) is 1.39. The molecule has 76 valence electrons. The van der Waals surface area contributed by atoms with Crippen molar-refractivity contribution in [2.45, 2.75) is 6.42 Å². The Labute approximate surface area is 82.1 Å². The molecule has 0 fully saturated rings. The van der Waals surface area contributed by atoms with E-state index in [1.807, 2.05) is 0 Å². The summed E-state index contributed by atoms with van der Waals surface area (Å²) in [6, 6.07) is 1.59. The quantitative estimate of drug-likeness (QED) is 0.664. The lowest BCUT2D eigenvalue weighted by molar-refractivity contribution is 0.0979. The molecule has 0 saturated heterocycles. The molecule has 0 aromatic carbocycles. The maximum atomic E-state index is 11.3. The number of ketones is 1. The second-order valence-corrected chi connectivity index (χ2v) is 5.14. The van der Waals surface area contributed by atoms with Crippen molar-refractivity contribution in [2.75, 3.05) is 12.0 Å². The molecule has 0 aliphatic carbocycles. The van der Waals surface area contributed by atoms with Gasteiger partial charge in [0.1, 0.15) is 9.84 Å². The van der Waals surface area contributed by atoms with Crippen LogP contribution in [0, 0.1) is 0 Å². The summed E-state index contributed by atoms with van der Waals surface area (Å²) in [5, 5.41) is 0. The summed E-state index contributed by atoms with van der Waals surface area (Å²) in [4.78, 5) is 18.7. The first-order chi connectivity index (χ1) is 6.49. The van der Waals surface area contributed by atoms with Gasteiger partial charge in [0.15, 0.2) is 5.82 Å². The van der Waals surface area contributed by atoms with Gasteiger partial charge in [0, 0.05) is 25.1 Å². The van der Waals surface area contributed by atoms with Crippen LogP contribution in [0.3, 0.4) is 0 Å². The van der Waals surface area contributed by atoms with Crippen LogP contribution in [0.25, 0.3) is 0 Å². The van der Waals surface area contributed by atoms with Crippen molar-refractivity contribution in [1.29, 1.82) is 0 Å². The van der Waals surface area contributed by atoms with E-state index >= 15 is 0 Å². The number of carbonyl (C=O) groups is 1. The molecule has 0 spiro atoms. The number of aromatic nitrogens is 2. The van der Waals surface area contributed by atoms with Crippen molar-refractivity contribution < 1.29 is 13.2 Å². The van der Waals surface area contributed by atoms with Gasteiger partial charge in [0.25, 0.3) is 0 Å². The molecular formula is C8H10N2O3S. The minimum absolute atomic E-state index is 0.0659. The monoisotopic (exact) mass is 214 g/mol. The highest BCUT2D eigenvalue weighted by molar-refractivity contribution is 7.90. The molecule has 1 aromatic heterocycles. The summed E-state index contributed by atoms with van der Waals surface area (Å²) in [7, 11) is -3.10. The number of hydrogen-bond acceptors (Lipinski definition) is 5. The number of carbonyl (C=O) groups excluding carboxylic acids is 1. The number of Topliss-reactive ketones (excluding diaryl/α,β-unsaturated/α-hetero) is 1. The number of nitrogens with zero attached hydrogens (tertiary/aromatic N) is 2. The lowest BCUT2D eigenvalue weighted by atomic mass is 10.3. The summed E-state index contributed by atoms with van der Waals surface area (Å²) in [6.45, 7) is 0. The van der Waals surface area contributed by atoms with E-state index in [1.165, 1.54) is 12.4 Å². The molecule has 1 rings (SSSR count). The molecule has 6 heteroatoms. The molecule has 0 aliphatic heterocycles. The van der Waals surface area contributed by atoms with Crippen molar-refractivity contribution in [3.8, 4) is 0 Å². The molecule has 0 amide bonds. The third-order valence-corrected chi connectivity index (χ3v) is 2.46. The predicted octanol–water partition coefficient (Wildman–Crippen LogP) is 0.0940. The average Bonchev–Trinajstić information content (AvgIpc) is 2.14. The second kappa shape index (κ2) is 4.28. The van der Waals surface area contributed by atoms with Crippen LogP contribution >= 0.6 is 0 Å². The van der Waals surface area contributed by atoms with Crippen LogP contribution in [-0.2, 0) is 9.84 Å². The lowest BCUT2D eigenvalue weighted by Crippen LogP contribution is -2.11. The predicted molar refractivity (Wildman–Crippen MR) is 50.7 cm³/mol. The van der Waals surface area contributed by atoms with Gasteiger partial charge in [-0.2, -0.15) is 0 Å². The Morgan fingerprint density at radius 1 is 1.36 bits per heavy atom. The smallest absolute Gasteiger partial charge is 0.201 e. The summed E-state index contributed by atoms with van der Waals surface area (Å²) in [6.07, 6.45) is 3.91. The number of sulfone groups is 1. The molecular weight excluding hydrogens is 204 g/mol. The molecule has 0 bridgehead atoms. The van der Waals surface area contributed by atoms with Crippen LogP contribution in [0.1, 0.15) is 17.0 Å². The van der Waals surface area contributed by atoms with Crippen molar-refractivity contribution in [1.82, 2.24) is 9.97 Å². The fraction of sp³-hybridized carbons (Fsp3) is 0.375. The molecule has 1 heterocycles.